The number of rotatable bonds is 4. The van der Waals surface area contributed by atoms with Gasteiger partial charge in [0.15, 0.2) is 0 Å². The number of hydrogen-bond acceptors (Lipinski definition) is 3. The second kappa shape index (κ2) is 4.81. The lowest BCUT2D eigenvalue weighted by atomic mass is 10.3. The average molecular weight is 199 g/mol. The molecular formula is C10H14FNO2. The van der Waals surface area contributed by atoms with Crippen LogP contribution in [0.3, 0.4) is 0 Å². The van der Waals surface area contributed by atoms with Crippen molar-refractivity contribution in [3.05, 3.63) is 24.0 Å². The van der Waals surface area contributed by atoms with E-state index in [1.54, 1.807) is 6.92 Å². The van der Waals surface area contributed by atoms with Gasteiger partial charge in [0.05, 0.1) is 18.4 Å². The zero-order valence-electron chi connectivity index (χ0n) is 8.03. The van der Waals surface area contributed by atoms with E-state index in [2.05, 4.69) is 0 Å². The summed E-state index contributed by atoms with van der Waals surface area (Å²) in [5.74, 6) is -0.0584. The van der Waals surface area contributed by atoms with Gasteiger partial charge in [-0.15, -0.1) is 0 Å². The van der Waals surface area contributed by atoms with Crippen molar-refractivity contribution < 1.29 is 14.2 Å². The van der Waals surface area contributed by atoms with Crippen LogP contribution in [0.5, 0.6) is 5.75 Å². The second-order valence-electron chi connectivity index (χ2n) is 3.17. The molecule has 0 aliphatic heterocycles. The molecule has 1 aromatic carbocycles. The van der Waals surface area contributed by atoms with E-state index in [9.17, 15) is 4.39 Å². The zero-order chi connectivity index (χ0) is 10.6. The Morgan fingerprint density at radius 1 is 1.57 bits per heavy atom. The normalized spacial score (nSPS) is 12.5. The Kier molecular flexibility index (Phi) is 3.71. The quantitative estimate of drug-likeness (QED) is 0.723. The lowest BCUT2D eigenvalue weighted by Gasteiger charge is -2.09. The van der Waals surface area contributed by atoms with Gasteiger partial charge in [0, 0.05) is 12.5 Å². The fourth-order valence-corrected chi connectivity index (χ4v) is 0.973. The van der Waals surface area contributed by atoms with Crippen LogP contribution in [0.4, 0.5) is 10.1 Å². The molecular weight excluding hydrogens is 185 g/mol. The van der Waals surface area contributed by atoms with Crippen LogP contribution in [0.25, 0.3) is 0 Å². The Bertz CT molecular complexity index is 302. The fourth-order valence-electron chi connectivity index (χ4n) is 0.973. The molecule has 0 saturated heterocycles. The highest BCUT2D eigenvalue weighted by molar-refractivity contribution is 5.52. The molecule has 3 nitrogen and oxygen atoms in total. The summed E-state index contributed by atoms with van der Waals surface area (Å²) < 4.78 is 18.0. The summed E-state index contributed by atoms with van der Waals surface area (Å²) in [5.41, 5.74) is 5.95. The van der Waals surface area contributed by atoms with Crippen molar-refractivity contribution in [2.24, 2.45) is 0 Å². The molecule has 0 radical (unpaired) electrons. The van der Waals surface area contributed by atoms with Gasteiger partial charge in [-0.1, -0.05) is 0 Å². The van der Waals surface area contributed by atoms with E-state index in [1.165, 1.54) is 18.2 Å². The molecule has 1 atom stereocenters. The Balaban J connectivity index is 2.53. The first-order chi connectivity index (χ1) is 6.59. The molecule has 1 aromatic rings. The highest BCUT2D eigenvalue weighted by atomic mass is 19.1. The molecule has 0 spiro atoms. The van der Waals surface area contributed by atoms with Crippen molar-refractivity contribution in [1.82, 2.24) is 0 Å². The van der Waals surface area contributed by atoms with Gasteiger partial charge in [-0.2, -0.15) is 0 Å². The molecule has 4 heteroatoms. The summed E-state index contributed by atoms with van der Waals surface area (Å²) in [5, 5.41) is 8.97. The van der Waals surface area contributed by atoms with Crippen LogP contribution in [0, 0.1) is 5.82 Å². The summed E-state index contributed by atoms with van der Waals surface area (Å²) >= 11 is 0. The molecule has 14 heavy (non-hydrogen) atoms. The third kappa shape index (κ3) is 3.22. The monoisotopic (exact) mass is 199 g/mol. The first kappa shape index (κ1) is 10.8. The van der Waals surface area contributed by atoms with Crippen molar-refractivity contribution >= 4 is 5.69 Å². The van der Waals surface area contributed by atoms with E-state index < -0.39 is 6.10 Å². The Hall–Kier alpha value is -1.29. The molecule has 0 heterocycles. The first-order valence-electron chi connectivity index (χ1n) is 4.45. The molecule has 0 aromatic heterocycles. The van der Waals surface area contributed by atoms with E-state index in [1.807, 2.05) is 0 Å². The van der Waals surface area contributed by atoms with Crippen molar-refractivity contribution in [3.8, 4) is 5.75 Å². The number of hydrogen-bond donors (Lipinski definition) is 2. The summed E-state index contributed by atoms with van der Waals surface area (Å²) in [4.78, 5) is 0. The van der Waals surface area contributed by atoms with Gasteiger partial charge in [-0.05, 0) is 19.1 Å². The molecule has 78 valence electrons. The van der Waals surface area contributed by atoms with Crippen LogP contribution in [0.2, 0.25) is 0 Å². The topological polar surface area (TPSA) is 55.5 Å². The fraction of sp³-hybridized carbons (Fsp3) is 0.400. The van der Waals surface area contributed by atoms with Crippen LogP contribution < -0.4 is 10.5 Å². The molecule has 0 aliphatic rings. The van der Waals surface area contributed by atoms with Crippen LogP contribution in [0.1, 0.15) is 13.3 Å². The number of benzene rings is 1. The molecule has 1 unspecified atom stereocenters. The Morgan fingerprint density at radius 3 is 2.93 bits per heavy atom. The van der Waals surface area contributed by atoms with E-state index in [0.717, 1.165) is 0 Å². The number of aliphatic hydroxyl groups is 1. The summed E-state index contributed by atoms with van der Waals surface area (Å²) in [6.07, 6.45) is 0.0699. The van der Waals surface area contributed by atoms with E-state index in [4.69, 9.17) is 15.6 Å². The summed E-state index contributed by atoms with van der Waals surface area (Å²) in [6.45, 7) is 1.99. The standard InChI is InChI=1S/C10H14FNO2/c1-7(13)4-5-14-10-6-8(11)2-3-9(10)12/h2-3,6-7,13H,4-5,12H2,1H3. The highest BCUT2D eigenvalue weighted by Crippen LogP contribution is 2.22. The van der Waals surface area contributed by atoms with Crippen molar-refractivity contribution in [2.45, 2.75) is 19.4 Å². The van der Waals surface area contributed by atoms with Crippen molar-refractivity contribution in [3.63, 3.8) is 0 Å². The van der Waals surface area contributed by atoms with E-state index >= 15 is 0 Å². The number of halogens is 1. The minimum absolute atomic E-state index is 0.325. The zero-order valence-corrected chi connectivity index (χ0v) is 8.03. The predicted molar refractivity (Wildman–Crippen MR) is 52.6 cm³/mol. The summed E-state index contributed by atoms with van der Waals surface area (Å²) in [6, 6.07) is 3.96. The largest absolute Gasteiger partial charge is 0.491 e. The average Bonchev–Trinajstić information content (AvgIpc) is 2.10. The predicted octanol–water partition coefficient (Wildman–Crippen LogP) is 1.56. The van der Waals surface area contributed by atoms with Gasteiger partial charge in [0.1, 0.15) is 11.6 Å². The molecule has 0 amide bonds. The van der Waals surface area contributed by atoms with Crippen LogP contribution >= 0.6 is 0 Å². The Morgan fingerprint density at radius 2 is 2.29 bits per heavy atom. The molecule has 0 fully saturated rings. The molecule has 0 bridgehead atoms. The van der Waals surface area contributed by atoms with Gasteiger partial charge in [-0.25, -0.2) is 4.39 Å². The van der Waals surface area contributed by atoms with Gasteiger partial charge in [0.25, 0.3) is 0 Å². The number of ether oxygens (including phenoxy) is 1. The molecule has 3 N–H and O–H groups in total. The van der Waals surface area contributed by atoms with Crippen molar-refractivity contribution in [1.29, 1.82) is 0 Å². The maximum atomic E-state index is 12.7. The smallest absolute Gasteiger partial charge is 0.145 e. The first-order valence-corrected chi connectivity index (χ1v) is 4.45. The van der Waals surface area contributed by atoms with E-state index in [0.29, 0.717) is 24.5 Å². The lowest BCUT2D eigenvalue weighted by molar-refractivity contribution is 0.156. The maximum absolute atomic E-state index is 12.7. The van der Waals surface area contributed by atoms with Gasteiger partial charge < -0.3 is 15.6 Å². The summed E-state index contributed by atoms with van der Waals surface area (Å²) in [7, 11) is 0. The minimum Gasteiger partial charge on any atom is -0.491 e. The molecule has 1 rings (SSSR count). The number of nitrogens with two attached hydrogens (primary N) is 1. The maximum Gasteiger partial charge on any atom is 0.145 e. The van der Waals surface area contributed by atoms with Crippen LogP contribution in [0.15, 0.2) is 18.2 Å². The lowest BCUT2D eigenvalue weighted by Crippen LogP contribution is -2.08. The van der Waals surface area contributed by atoms with Crippen LogP contribution in [-0.2, 0) is 0 Å². The van der Waals surface area contributed by atoms with Gasteiger partial charge in [-0.3, -0.25) is 0 Å². The number of nitrogen functional groups attached to an aromatic ring is 1. The third-order valence-corrected chi connectivity index (χ3v) is 1.77. The van der Waals surface area contributed by atoms with Crippen molar-refractivity contribution in [2.75, 3.05) is 12.3 Å². The molecule has 0 saturated carbocycles. The molecule has 0 aliphatic carbocycles. The second-order valence-corrected chi connectivity index (χ2v) is 3.17. The number of anilines is 1. The number of aliphatic hydroxyl groups excluding tert-OH is 1. The SMILES string of the molecule is CC(O)CCOc1cc(F)ccc1N. The third-order valence-electron chi connectivity index (χ3n) is 1.77. The minimum atomic E-state index is -0.426. The van der Waals surface area contributed by atoms with Gasteiger partial charge >= 0.3 is 0 Å². The van der Waals surface area contributed by atoms with Gasteiger partial charge in [0.2, 0.25) is 0 Å². The van der Waals surface area contributed by atoms with Crippen LogP contribution in [-0.4, -0.2) is 17.8 Å². The van der Waals surface area contributed by atoms with E-state index in [-0.39, 0.29) is 5.82 Å². The Labute approximate surface area is 82.3 Å². The highest BCUT2D eigenvalue weighted by Gasteiger charge is 2.03.